The second kappa shape index (κ2) is 9.35. The third-order valence-electron chi connectivity index (χ3n) is 4.75. The fourth-order valence-electron chi connectivity index (χ4n) is 3.23. The van der Waals surface area contributed by atoms with E-state index in [0.717, 1.165) is 23.4 Å². The highest BCUT2D eigenvalue weighted by atomic mass is 16.4. The predicted octanol–water partition coefficient (Wildman–Crippen LogP) is 3.11. The highest BCUT2D eigenvalue weighted by molar-refractivity contribution is 5.81. The van der Waals surface area contributed by atoms with Crippen molar-refractivity contribution in [2.24, 2.45) is 0 Å². The third-order valence-corrected chi connectivity index (χ3v) is 4.75. The number of carbonyl (C=O) groups excluding carboxylic acids is 1. The largest absolute Gasteiger partial charge is 0.480 e. The Hall–Kier alpha value is -2.63. The summed E-state index contributed by atoms with van der Waals surface area (Å²) in [6.45, 7) is 8.91. The van der Waals surface area contributed by atoms with Gasteiger partial charge in [0.2, 0.25) is 5.91 Å². The molecule has 0 bridgehead atoms. The third kappa shape index (κ3) is 5.67. The number of rotatable bonds is 9. The summed E-state index contributed by atoms with van der Waals surface area (Å²) in [5, 5.41) is 13.6. The van der Waals surface area contributed by atoms with Gasteiger partial charge in [0.05, 0.1) is 12.2 Å². The second-order valence-electron chi connectivity index (χ2n) is 7.00. The standard InChI is InChI=1S/C21H29N3O3/c1-5-12-23(14-21(26)27)20(25)11-10-19-16(3)22-24(17(19)4)13-18-8-6-15(2)7-9-18/h6-9H,5,10-14H2,1-4H3,(H,26,27). The molecule has 0 spiro atoms. The highest BCUT2D eigenvalue weighted by Gasteiger charge is 2.18. The Kier molecular flexibility index (Phi) is 7.16. The molecular formula is C21H29N3O3. The molecule has 1 amide bonds. The zero-order valence-electron chi connectivity index (χ0n) is 16.7. The summed E-state index contributed by atoms with van der Waals surface area (Å²) in [7, 11) is 0. The summed E-state index contributed by atoms with van der Waals surface area (Å²) < 4.78 is 1.97. The molecule has 2 aromatic rings. The van der Waals surface area contributed by atoms with Gasteiger partial charge in [-0.05, 0) is 44.7 Å². The molecule has 2 rings (SSSR count). The van der Waals surface area contributed by atoms with Gasteiger partial charge >= 0.3 is 5.97 Å². The summed E-state index contributed by atoms with van der Waals surface area (Å²) in [6.07, 6.45) is 1.61. The lowest BCUT2D eigenvalue weighted by Gasteiger charge is -2.19. The Labute approximate surface area is 160 Å². The minimum atomic E-state index is -0.977. The van der Waals surface area contributed by atoms with E-state index in [1.54, 1.807) is 0 Å². The molecule has 0 unspecified atom stereocenters. The smallest absolute Gasteiger partial charge is 0.323 e. The van der Waals surface area contributed by atoms with Crippen molar-refractivity contribution < 1.29 is 14.7 Å². The monoisotopic (exact) mass is 371 g/mol. The van der Waals surface area contributed by atoms with Crippen molar-refractivity contribution in [3.63, 3.8) is 0 Å². The number of amides is 1. The zero-order chi connectivity index (χ0) is 20.0. The first-order valence-corrected chi connectivity index (χ1v) is 9.39. The number of carboxylic acids is 1. The lowest BCUT2D eigenvalue weighted by Crippen LogP contribution is -2.36. The Morgan fingerprint density at radius 1 is 1.15 bits per heavy atom. The topological polar surface area (TPSA) is 75.4 Å². The van der Waals surface area contributed by atoms with Crippen LogP contribution in [0.3, 0.4) is 0 Å². The van der Waals surface area contributed by atoms with E-state index in [2.05, 4.69) is 36.3 Å². The van der Waals surface area contributed by atoms with Gasteiger partial charge in [0.1, 0.15) is 6.54 Å². The quantitative estimate of drug-likeness (QED) is 0.735. The molecule has 0 radical (unpaired) electrons. The number of nitrogens with zero attached hydrogens (tertiary/aromatic N) is 3. The molecule has 1 aromatic carbocycles. The van der Waals surface area contributed by atoms with Crippen LogP contribution in [0, 0.1) is 20.8 Å². The number of carboxylic acid groups (broad SMARTS) is 1. The molecule has 0 atom stereocenters. The maximum atomic E-state index is 12.4. The van der Waals surface area contributed by atoms with Gasteiger partial charge in [0.25, 0.3) is 0 Å². The van der Waals surface area contributed by atoms with Gasteiger partial charge in [-0.25, -0.2) is 0 Å². The zero-order valence-corrected chi connectivity index (χ0v) is 16.7. The molecule has 1 aromatic heterocycles. The van der Waals surface area contributed by atoms with Crippen molar-refractivity contribution in [3.05, 3.63) is 52.3 Å². The number of hydrogen-bond donors (Lipinski definition) is 1. The molecule has 1 heterocycles. The Bertz CT molecular complexity index is 794. The molecule has 146 valence electrons. The number of carbonyl (C=O) groups is 2. The molecule has 0 saturated carbocycles. The van der Waals surface area contributed by atoms with E-state index in [1.165, 1.54) is 16.0 Å². The van der Waals surface area contributed by atoms with Gasteiger partial charge in [0, 0.05) is 18.7 Å². The molecule has 0 aliphatic rings. The van der Waals surface area contributed by atoms with Crippen molar-refractivity contribution >= 4 is 11.9 Å². The molecule has 0 aliphatic heterocycles. The summed E-state index contributed by atoms with van der Waals surface area (Å²) in [5.74, 6) is -1.10. The van der Waals surface area contributed by atoms with Crippen LogP contribution in [0.5, 0.6) is 0 Å². The molecule has 6 heteroatoms. The average Bonchev–Trinajstić information content (AvgIpc) is 2.87. The fourth-order valence-corrected chi connectivity index (χ4v) is 3.23. The highest BCUT2D eigenvalue weighted by Crippen LogP contribution is 2.17. The van der Waals surface area contributed by atoms with Crippen LogP contribution in [-0.4, -0.2) is 44.8 Å². The Morgan fingerprint density at radius 2 is 1.81 bits per heavy atom. The normalized spacial score (nSPS) is 10.8. The number of aliphatic carboxylic acids is 1. The van der Waals surface area contributed by atoms with Gasteiger partial charge in [0.15, 0.2) is 0 Å². The van der Waals surface area contributed by atoms with Crippen LogP contribution < -0.4 is 0 Å². The molecule has 0 aliphatic carbocycles. The Balaban J connectivity index is 2.06. The van der Waals surface area contributed by atoms with E-state index in [-0.39, 0.29) is 12.5 Å². The van der Waals surface area contributed by atoms with Crippen LogP contribution in [0.1, 0.15) is 47.8 Å². The summed E-state index contributed by atoms with van der Waals surface area (Å²) in [6, 6.07) is 8.38. The van der Waals surface area contributed by atoms with Crippen molar-refractivity contribution in [2.45, 2.75) is 53.5 Å². The summed E-state index contributed by atoms with van der Waals surface area (Å²) >= 11 is 0. The second-order valence-corrected chi connectivity index (χ2v) is 7.00. The van der Waals surface area contributed by atoms with E-state index in [9.17, 15) is 9.59 Å². The molecule has 0 fully saturated rings. The average molecular weight is 371 g/mol. The van der Waals surface area contributed by atoms with Gasteiger partial charge in [-0.2, -0.15) is 5.10 Å². The number of benzene rings is 1. The lowest BCUT2D eigenvalue weighted by molar-refractivity contribution is -0.144. The van der Waals surface area contributed by atoms with E-state index in [0.29, 0.717) is 25.9 Å². The van der Waals surface area contributed by atoms with E-state index in [4.69, 9.17) is 5.11 Å². The van der Waals surface area contributed by atoms with E-state index < -0.39 is 5.97 Å². The molecule has 27 heavy (non-hydrogen) atoms. The van der Waals surface area contributed by atoms with E-state index in [1.807, 2.05) is 25.5 Å². The number of hydrogen-bond acceptors (Lipinski definition) is 3. The maximum Gasteiger partial charge on any atom is 0.323 e. The van der Waals surface area contributed by atoms with Gasteiger partial charge in [-0.15, -0.1) is 0 Å². The van der Waals surface area contributed by atoms with E-state index >= 15 is 0 Å². The first kappa shape index (κ1) is 20.7. The minimum Gasteiger partial charge on any atom is -0.480 e. The molecule has 0 saturated heterocycles. The summed E-state index contributed by atoms with van der Waals surface area (Å²) in [4.78, 5) is 24.8. The van der Waals surface area contributed by atoms with Crippen molar-refractivity contribution in [3.8, 4) is 0 Å². The number of aromatic nitrogens is 2. The van der Waals surface area contributed by atoms with Crippen LogP contribution in [0.4, 0.5) is 0 Å². The van der Waals surface area contributed by atoms with Crippen LogP contribution in [0.15, 0.2) is 24.3 Å². The first-order valence-electron chi connectivity index (χ1n) is 9.39. The first-order chi connectivity index (χ1) is 12.8. The van der Waals surface area contributed by atoms with Gasteiger partial charge in [-0.1, -0.05) is 36.8 Å². The van der Waals surface area contributed by atoms with Crippen molar-refractivity contribution in [2.75, 3.05) is 13.1 Å². The minimum absolute atomic E-state index is 0.121. The van der Waals surface area contributed by atoms with Crippen LogP contribution in [0.2, 0.25) is 0 Å². The van der Waals surface area contributed by atoms with Gasteiger partial charge < -0.3 is 10.0 Å². The van der Waals surface area contributed by atoms with Crippen molar-refractivity contribution in [1.82, 2.24) is 14.7 Å². The molecule has 1 N–H and O–H groups in total. The van der Waals surface area contributed by atoms with Crippen LogP contribution in [0.25, 0.3) is 0 Å². The lowest BCUT2D eigenvalue weighted by atomic mass is 10.1. The number of aryl methyl sites for hydroxylation is 2. The molecule has 6 nitrogen and oxygen atoms in total. The predicted molar refractivity (Wildman–Crippen MR) is 105 cm³/mol. The maximum absolute atomic E-state index is 12.4. The Morgan fingerprint density at radius 3 is 2.41 bits per heavy atom. The van der Waals surface area contributed by atoms with Crippen molar-refractivity contribution in [1.29, 1.82) is 0 Å². The SMILES string of the molecule is CCCN(CC(=O)O)C(=O)CCc1c(C)nn(Cc2ccc(C)cc2)c1C. The van der Waals surface area contributed by atoms with Gasteiger partial charge in [-0.3, -0.25) is 14.3 Å². The molecular weight excluding hydrogens is 342 g/mol. The fraction of sp³-hybridized carbons (Fsp3) is 0.476. The van der Waals surface area contributed by atoms with Crippen LogP contribution >= 0.6 is 0 Å². The van der Waals surface area contributed by atoms with Crippen LogP contribution in [-0.2, 0) is 22.6 Å². The summed E-state index contributed by atoms with van der Waals surface area (Å²) in [5.41, 5.74) is 5.46.